The predicted molar refractivity (Wildman–Crippen MR) is 64.8 cm³/mol. The quantitative estimate of drug-likeness (QED) is 0.687. The molecule has 0 bridgehead atoms. The third-order valence-electron chi connectivity index (χ3n) is 3.86. The summed E-state index contributed by atoms with van der Waals surface area (Å²) >= 11 is 0. The molecule has 2 amide bonds. The number of hydrogen-bond acceptors (Lipinski definition) is 2. The first-order valence-electron chi connectivity index (χ1n) is 6.22. The summed E-state index contributed by atoms with van der Waals surface area (Å²) in [5.74, 6) is -1.48. The van der Waals surface area contributed by atoms with Gasteiger partial charge in [0.05, 0.1) is 5.92 Å². The summed E-state index contributed by atoms with van der Waals surface area (Å²) in [5, 5.41) is 14.5. The molecule has 0 aromatic heterocycles. The van der Waals surface area contributed by atoms with Crippen LogP contribution in [-0.4, -0.2) is 28.7 Å². The van der Waals surface area contributed by atoms with Crippen LogP contribution in [0.4, 0.5) is 4.79 Å². The van der Waals surface area contributed by atoms with Gasteiger partial charge in [0.15, 0.2) is 0 Å². The van der Waals surface area contributed by atoms with Crippen molar-refractivity contribution >= 4 is 12.0 Å². The van der Waals surface area contributed by atoms with Gasteiger partial charge in [0, 0.05) is 11.6 Å². The summed E-state index contributed by atoms with van der Waals surface area (Å²) < 4.78 is 0. The number of carbonyl (C=O) groups excluding carboxylic acids is 1. The first kappa shape index (κ1) is 13.8. The molecule has 0 aromatic carbocycles. The molecule has 1 saturated carbocycles. The molecule has 0 saturated heterocycles. The number of nitrogens with one attached hydrogen (secondary N) is 2. The Bertz CT molecular complexity index is 295. The fraction of sp³-hybridized carbons (Fsp3) is 0.833. The molecule has 1 aliphatic rings. The lowest BCUT2D eigenvalue weighted by Crippen LogP contribution is -2.57. The van der Waals surface area contributed by atoms with E-state index in [1.54, 1.807) is 13.8 Å². The molecule has 17 heavy (non-hydrogen) atoms. The minimum Gasteiger partial charge on any atom is -0.481 e. The van der Waals surface area contributed by atoms with Crippen LogP contribution in [0, 0.1) is 5.92 Å². The van der Waals surface area contributed by atoms with Crippen LogP contribution in [0.5, 0.6) is 0 Å². The molecule has 98 valence electrons. The standard InChI is InChI=1S/C12H22N2O3/c1-4-12(6-5-7-12)14-11(17)13-9(3)8(2)10(15)16/h8-9H,4-7H2,1-3H3,(H,15,16)(H2,13,14,17). The van der Waals surface area contributed by atoms with Crippen molar-refractivity contribution in [3.63, 3.8) is 0 Å². The number of aliphatic carboxylic acids is 1. The molecule has 0 aliphatic heterocycles. The number of carbonyl (C=O) groups is 2. The molecule has 5 nitrogen and oxygen atoms in total. The Kier molecular flexibility index (Phi) is 4.37. The Morgan fingerprint density at radius 3 is 2.29 bits per heavy atom. The van der Waals surface area contributed by atoms with Crippen molar-refractivity contribution in [2.45, 2.75) is 58.0 Å². The zero-order valence-electron chi connectivity index (χ0n) is 10.7. The third kappa shape index (κ3) is 3.35. The number of carboxylic acids is 1. The maximum Gasteiger partial charge on any atom is 0.315 e. The van der Waals surface area contributed by atoms with E-state index in [1.807, 2.05) is 0 Å². The lowest BCUT2D eigenvalue weighted by molar-refractivity contribution is -0.141. The van der Waals surface area contributed by atoms with Crippen molar-refractivity contribution < 1.29 is 14.7 Å². The Hall–Kier alpha value is -1.26. The van der Waals surface area contributed by atoms with E-state index in [2.05, 4.69) is 17.6 Å². The highest BCUT2D eigenvalue weighted by Crippen LogP contribution is 2.34. The summed E-state index contributed by atoms with van der Waals surface area (Å²) in [6.45, 7) is 5.35. The second-order valence-corrected chi connectivity index (χ2v) is 5.00. The molecule has 0 radical (unpaired) electrons. The first-order valence-corrected chi connectivity index (χ1v) is 6.22. The van der Waals surface area contributed by atoms with Crippen LogP contribution < -0.4 is 10.6 Å². The minimum atomic E-state index is -0.897. The molecule has 3 N–H and O–H groups in total. The van der Waals surface area contributed by atoms with Crippen molar-refractivity contribution in [3.05, 3.63) is 0 Å². The van der Waals surface area contributed by atoms with E-state index in [-0.39, 0.29) is 17.6 Å². The van der Waals surface area contributed by atoms with Gasteiger partial charge in [-0.15, -0.1) is 0 Å². The number of amides is 2. The van der Waals surface area contributed by atoms with E-state index in [0.717, 1.165) is 25.7 Å². The Labute approximate surface area is 102 Å². The highest BCUT2D eigenvalue weighted by molar-refractivity contribution is 5.77. The van der Waals surface area contributed by atoms with Gasteiger partial charge >= 0.3 is 12.0 Å². The molecule has 5 heteroatoms. The molecule has 1 aliphatic carbocycles. The zero-order chi connectivity index (χ0) is 13.1. The largest absolute Gasteiger partial charge is 0.481 e. The van der Waals surface area contributed by atoms with Crippen LogP contribution in [0.1, 0.15) is 46.5 Å². The SMILES string of the molecule is CCC1(NC(=O)NC(C)C(C)C(=O)O)CCC1. The lowest BCUT2D eigenvalue weighted by Gasteiger charge is -2.42. The maximum atomic E-state index is 11.7. The van der Waals surface area contributed by atoms with E-state index in [9.17, 15) is 9.59 Å². The van der Waals surface area contributed by atoms with Gasteiger partial charge in [0.2, 0.25) is 0 Å². The molecule has 2 atom stereocenters. The average molecular weight is 242 g/mol. The second-order valence-electron chi connectivity index (χ2n) is 5.00. The van der Waals surface area contributed by atoms with Gasteiger partial charge in [-0.1, -0.05) is 6.92 Å². The fourth-order valence-electron chi connectivity index (χ4n) is 1.99. The topological polar surface area (TPSA) is 78.4 Å². The van der Waals surface area contributed by atoms with E-state index < -0.39 is 11.9 Å². The van der Waals surface area contributed by atoms with E-state index in [1.165, 1.54) is 0 Å². The van der Waals surface area contributed by atoms with Gasteiger partial charge in [-0.3, -0.25) is 4.79 Å². The second kappa shape index (κ2) is 5.38. The number of hydrogen-bond donors (Lipinski definition) is 3. The Morgan fingerprint density at radius 1 is 1.35 bits per heavy atom. The van der Waals surface area contributed by atoms with Gasteiger partial charge < -0.3 is 15.7 Å². The number of urea groups is 1. The zero-order valence-corrected chi connectivity index (χ0v) is 10.7. The minimum absolute atomic E-state index is 0.0593. The van der Waals surface area contributed by atoms with Crippen LogP contribution >= 0.6 is 0 Å². The highest BCUT2D eigenvalue weighted by atomic mass is 16.4. The molecule has 0 aromatic rings. The van der Waals surface area contributed by atoms with Crippen molar-refractivity contribution in [1.82, 2.24) is 10.6 Å². The smallest absolute Gasteiger partial charge is 0.315 e. The summed E-state index contributed by atoms with van der Waals surface area (Å²) in [5.41, 5.74) is -0.0593. The van der Waals surface area contributed by atoms with Crippen LogP contribution in [0.3, 0.4) is 0 Å². The van der Waals surface area contributed by atoms with Crippen LogP contribution in [0.15, 0.2) is 0 Å². The normalized spacial score (nSPS) is 20.9. The third-order valence-corrected chi connectivity index (χ3v) is 3.86. The van der Waals surface area contributed by atoms with Crippen molar-refractivity contribution in [3.8, 4) is 0 Å². The van der Waals surface area contributed by atoms with Gasteiger partial charge in [-0.2, -0.15) is 0 Å². The Balaban J connectivity index is 2.41. The predicted octanol–water partition coefficient (Wildman–Crippen LogP) is 1.73. The summed E-state index contributed by atoms with van der Waals surface area (Å²) in [6, 6.07) is -0.631. The molecule has 2 unspecified atom stereocenters. The van der Waals surface area contributed by atoms with Gasteiger partial charge in [-0.05, 0) is 39.5 Å². The van der Waals surface area contributed by atoms with Gasteiger partial charge in [-0.25, -0.2) is 4.79 Å². The van der Waals surface area contributed by atoms with Gasteiger partial charge in [0.1, 0.15) is 0 Å². The number of carboxylic acid groups (broad SMARTS) is 1. The van der Waals surface area contributed by atoms with Gasteiger partial charge in [0.25, 0.3) is 0 Å². The lowest BCUT2D eigenvalue weighted by atomic mass is 9.75. The van der Waals surface area contributed by atoms with Crippen LogP contribution in [0.25, 0.3) is 0 Å². The highest BCUT2D eigenvalue weighted by Gasteiger charge is 2.36. The molecular weight excluding hydrogens is 220 g/mol. The van der Waals surface area contributed by atoms with E-state index >= 15 is 0 Å². The van der Waals surface area contributed by atoms with E-state index in [0.29, 0.717) is 0 Å². The monoisotopic (exact) mass is 242 g/mol. The molecule has 0 spiro atoms. The van der Waals surface area contributed by atoms with Crippen LogP contribution in [-0.2, 0) is 4.79 Å². The summed E-state index contributed by atoms with van der Waals surface area (Å²) in [4.78, 5) is 22.5. The maximum absolute atomic E-state index is 11.7. The van der Waals surface area contributed by atoms with Crippen molar-refractivity contribution in [2.75, 3.05) is 0 Å². The fourth-order valence-corrected chi connectivity index (χ4v) is 1.99. The molecule has 0 heterocycles. The summed E-state index contributed by atoms with van der Waals surface area (Å²) in [6.07, 6.45) is 4.10. The summed E-state index contributed by atoms with van der Waals surface area (Å²) in [7, 11) is 0. The Morgan fingerprint density at radius 2 is 1.94 bits per heavy atom. The first-order chi connectivity index (χ1) is 7.90. The van der Waals surface area contributed by atoms with Crippen LogP contribution in [0.2, 0.25) is 0 Å². The van der Waals surface area contributed by atoms with Crippen molar-refractivity contribution in [2.24, 2.45) is 5.92 Å². The average Bonchev–Trinajstić information content (AvgIpc) is 2.22. The van der Waals surface area contributed by atoms with Crippen molar-refractivity contribution in [1.29, 1.82) is 0 Å². The molecule has 1 rings (SSSR count). The molecule has 1 fully saturated rings. The van der Waals surface area contributed by atoms with E-state index in [4.69, 9.17) is 5.11 Å². The molecular formula is C12H22N2O3. The number of rotatable bonds is 5.